The Morgan fingerprint density at radius 3 is 2.46 bits per heavy atom. The van der Waals surface area contributed by atoms with Gasteiger partial charge in [-0.1, -0.05) is 19.4 Å². The van der Waals surface area contributed by atoms with Gasteiger partial charge in [-0.15, -0.1) is 0 Å². The number of amides is 1. The standard InChI is InChI=1S/C15H21F3N2O3S/c1-4-6-11(2)19-14(21)10-20(24(3,22)23)13-8-5-7-12(9-13)15(16,17)18/h5,7-9,11H,4,6,10H2,1-3H3,(H,19,21). The number of alkyl halides is 3. The van der Waals surface area contributed by atoms with Crippen LogP contribution in [0.2, 0.25) is 0 Å². The van der Waals surface area contributed by atoms with Gasteiger partial charge in [-0.3, -0.25) is 9.10 Å². The minimum absolute atomic E-state index is 0.148. The SMILES string of the molecule is CCCC(C)NC(=O)CN(c1cccc(C(F)(F)F)c1)S(C)(=O)=O. The summed E-state index contributed by atoms with van der Waals surface area (Å²) >= 11 is 0. The van der Waals surface area contributed by atoms with Crippen LogP contribution in [-0.4, -0.2) is 33.2 Å². The molecule has 0 aliphatic heterocycles. The first kappa shape index (κ1) is 20.3. The molecule has 0 heterocycles. The van der Waals surface area contributed by atoms with Crippen LogP contribution in [0.4, 0.5) is 18.9 Å². The first-order valence-corrected chi connectivity index (χ1v) is 9.24. The van der Waals surface area contributed by atoms with E-state index in [4.69, 9.17) is 0 Å². The van der Waals surface area contributed by atoms with Gasteiger partial charge in [-0.2, -0.15) is 13.2 Å². The number of carbonyl (C=O) groups excluding carboxylic acids is 1. The van der Waals surface area contributed by atoms with Crippen LogP contribution in [0, 0.1) is 0 Å². The van der Waals surface area contributed by atoms with Crippen molar-refractivity contribution in [3.63, 3.8) is 0 Å². The second-order valence-electron chi connectivity index (χ2n) is 5.57. The Morgan fingerprint density at radius 1 is 1.33 bits per heavy atom. The van der Waals surface area contributed by atoms with Crippen LogP contribution in [0.15, 0.2) is 24.3 Å². The monoisotopic (exact) mass is 366 g/mol. The fourth-order valence-electron chi connectivity index (χ4n) is 2.19. The fraction of sp³-hybridized carbons (Fsp3) is 0.533. The average Bonchev–Trinajstić information content (AvgIpc) is 2.43. The number of hydrogen-bond donors (Lipinski definition) is 1. The predicted octanol–water partition coefficient (Wildman–Crippen LogP) is 2.78. The lowest BCUT2D eigenvalue weighted by Gasteiger charge is -2.23. The third kappa shape index (κ3) is 6.03. The fourth-order valence-corrected chi connectivity index (χ4v) is 3.04. The summed E-state index contributed by atoms with van der Waals surface area (Å²) in [5, 5.41) is 2.63. The minimum atomic E-state index is -4.60. The molecule has 1 aromatic rings. The molecule has 0 saturated carbocycles. The van der Waals surface area contributed by atoms with Crippen molar-refractivity contribution in [2.75, 3.05) is 17.1 Å². The number of halogens is 3. The van der Waals surface area contributed by atoms with Crippen molar-refractivity contribution in [3.05, 3.63) is 29.8 Å². The number of sulfonamides is 1. The third-order valence-corrected chi connectivity index (χ3v) is 4.42. The Hall–Kier alpha value is -1.77. The summed E-state index contributed by atoms with van der Waals surface area (Å²) in [5.41, 5.74) is -1.18. The van der Waals surface area contributed by atoms with Crippen molar-refractivity contribution < 1.29 is 26.4 Å². The summed E-state index contributed by atoms with van der Waals surface area (Å²) in [5.74, 6) is -0.571. The highest BCUT2D eigenvalue weighted by molar-refractivity contribution is 7.92. The molecule has 0 fully saturated rings. The molecule has 0 spiro atoms. The molecule has 1 atom stereocenters. The molecule has 1 aromatic carbocycles. The maximum atomic E-state index is 12.8. The molecule has 5 nitrogen and oxygen atoms in total. The zero-order valence-electron chi connectivity index (χ0n) is 13.7. The molecule has 24 heavy (non-hydrogen) atoms. The van der Waals surface area contributed by atoms with E-state index in [1.807, 2.05) is 6.92 Å². The average molecular weight is 366 g/mol. The normalized spacial score (nSPS) is 13.4. The van der Waals surface area contributed by atoms with E-state index in [-0.39, 0.29) is 11.7 Å². The zero-order valence-corrected chi connectivity index (χ0v) is 14.5. The number of rotatable bonds is 7. The quantitative estimate of drug-likeness (QED) is 0.807. The van der Waals surface area contributed by atoms with Crippen LogP contribution in [-0.2, 0) is 21.0 Å². The lowest BCUT2D eigenvalue weighted by atomic mass is 10.2. The molecule has 1 amide bonds. The molecule has 0 aliphatic carbocycles. The van der Waals surface area contributed by atoms with E-state index in [0.717, 1.165) is 24.8 Å². The summed E-state index contributed by atoms with van der Waals surface area (Å²) in [7, 11) is -3.92. The van der Waals surface area contributed by atoms with Gasteiger partial charge in [0.1, 0.15) is 6.54 Å². The van der Waals surface area contributed by atoms with Gasteiger partial charge >= 0.3 is 6.18 Å². The van der Waals surface area contributed by atoms with Crippen LogP contribution in [0.3, 0.4) is 0 Å². The van der Waals surface area contributed by atoms with E-state index in [1.54, 1.807) is 6.92 Å². The van der Waals surface area contributed by atoms with Crippen LogP contribution in [0.5, 0.6) is 0 Å². The number of nitrogens with zero attached hydrogens (tertiary/aromatic N) is 1. The molecule has 1 unspecified atom stereocenters. The van der Waals surface area contributed by atoms with Crippen molar-refractivity contribution in [1.29, 1.82) is 0 Å². The number of anilines is 1. The molecule has 1 rings (SSSR count). The van der Waals surface area contributed by atoms with Crippen LogP contribution in [0.25, 0.3) is 0 Å². The second kappa shape index (κ2) is 7.87. The maximum absolute atomic E-state index is 12.8. The smallest absolute Gasteiger partial charge is 0.352 e. The highest BCUT2D eigenvalue weighted by Gasteiger charge is 2.32. The first-order valence-electron chi connectivity index (χ1n) is 7.39. The van der Waals surface area contributed by atoms with Crippen molar-refractivity contribution in [2.45, 2.75) is 38.9 Å². The molecule has 136 valence electrons. The van der Waals surface area contributed by atoms with Gasteiger partial charge in [0, 0.05) is 6.04 Å². The van der Waals surface area contributed by atoms with Gasteiger partial charge in [0.25, 0.3) is 0 Å². The van der Waals surface area contributed by atoms with Crippen LogP contribution >= 0.6 is 0 Å². The van der Waals surface area contributed by atoms with Crippen molar-refractivity contribution in [1.82, 2.24) is 5.32 Å². The van der Waals surface area contributed by atoms with E-state index < -0.39 is 34.2 Å². The van der Waals surface area contributed by atoms with Crippen molar-refractivity contribution >= 4 is 21.6 Å². The molecule has 9 heteroatoms. The lowest BCUT2D eigenvalue weighted by molar-refractivity contribution is -0.137. The Kier molecular flexibility index (Phi) is 6.65. The summed E-state index contributed by atoms with van der Waals surface area (Å²) in [6, 6.07) is 3.73. The second-order valence-corrected chi connectivity index (χ2v) is 7.48. The van der Waals surface area contributed by atoms with E-state index >= 15 is 0 Å². The Balaban J connectivity index is 3.06. The Morgan fingerprint density at radius 2 is 1.96 bits per heavy atom. The molecule has 0 saturated heterocycles. The third-order valence-electron chi connectivity index (χ3n) is 3.28. The summed E-state index contributed by atoms with van der Waals surface area (Å²) in [6.45, 7) is 3.14. The molecular formula is C15H21F3N2O3S. The topological polar surface area (TPSA) is 66.5 Å². The van der Waals surface area contributed by atoms with Crippen molar-refractivity contribution in [3.8, 4) is 0 Å². The van der Waals surface area contributed by atoms with Gasteiger partial charge in [0.05, 0.1) is 17.5 Å². The largest absolute Gasteiger partial charge is 0.416 e. The van der Waals surface area contributed by atoms with Gasteiger partial charge in [-0.05, 0) is 31.5 Å². The molecule has 0 aromatic heterocycles. The summed E-state index contributed by atoms with van der Waals surface area (Å²) < 4.78 is 62.9. The minimum Gasteiger partial charge on any atom is -0.352 e. The molecule has 0 radical (unpaired) electrons. The highest BCUT2D eigenvalue weighted by Crippen LogP contribution is 2.32. The van der Waals surface area contributed by atoms with E-state index in [1.165, 1.54) is 6.07 Å². The van der Waals surface area contributed by atoms with Crippen LogP contribution in [0.1, 0.15) is 32.3 Å². The number of hydrogen-bond acceptors (Lipinski definition) is 3. The number of nitrogens with one attached hydrogen (secondary N) is 1. The van der Waals surface area contributed by atoms with E-state index in [2.05, 4.69) is 5.32 Å². The maximum Gasteiger partial charge on any atom is 0.416 e. The first-order chi connectivity index (χ1) is 10.9. The van der Waals surface area contributed by atoms with Gasteiger partial charge in [0.15, 0.2) is 0 Å². The Bertz CT molecular complexity index is 675. The molecular weight excluding hydrogens is 345 g/mol. The zero-order chi connectivity index (χ0) is 18.5. The number of benzene rings is 1. The van der Waals surface area contributed by atoms with Crippen molar-refractivity contribution in [2.24, 2.45) is 0 Å². The summed E-state index contributed by atoms with van der Waals surface area (Å²) in [4.78, 5) is 12.0. The highest BCUT2D eigenvalue weighted by atomic mass is 32.2. The molecule has 1 N–H and O–H groups in total. The van der Waals surface area contributed by atoms with Gasteiger partial charge in [-0.25, -0.2) is 8.42 Å². The predicted molar refractivity (Wildman–Crippen MR) is 86.1 cm³/mol. The van der Waals surface area contributed by atoms with Gasteiger partial charge in [0.2, 0.25) is 15.9 Å². The van der Waals surface area contributed by atoms with Gasteiger partial charge < -0.3 is 5.32 Å². The van der Waals surface area contributed by atoms with E-state index in [0.29, 0.717) is 16.8 Å². The lowest BCUT2D eigenvalue weighted by Crippen LogP contribution is -2.43. The summed E-state index contributed by atoms with van der Waals surface area (Å²) in [6.07, 6.45) is -2.20. The molecule has 0 aliphatic rings. The molecule has 0 bridgehead atoms. The Labute approximate surface area is 139 Å². The van der Waals surface area contributed by atoms with E-state index in [9.17, 15) is 26.4 Å². The number of carbonyl (C=O) groups is 1. The van der Waals surface area contributed by atoms with Crippen LogP contribution < -0.4 is 9.62 Å².